The number of aromatic nitrogens is 2. The molecular formula is C26H24N2O. The molecule has 0 saturated heterocycles. The van der Waals surface area contributed by atoms with E-state index in [1.807, 2.05) is 19.2 Å². The molecular weight excluding hydrogens is 356 g/mol. The summed E-state index contributed by atoms with van der Waals surface area (Å²) in [5.41, 5.74) is 7.03. The van der Waals surface area contributed by atoms with Gasteiger partial charge in [-0.15, -0.1) is 0 Å². The zero-order chi connectivity index (χ0) is 20.1. The molecule has 0 fully saturated rings. The first kappa shape index (κ1) is 17.9. The van der Waals surface area contributed by atoms with Crippen LogP contribution < -0.4 is 0 Å². The van der Waals surface area contributed by atoms with E-state index in [1.165, 1.54) is 16.5 Å². The van der Waals surface area contributed by atoms with Crippen LogP contribution in [0, 0.1) is 19.8 Å². The SMILES string of the molecule is Cc1cc(-c2nccc3cc(CC(C)C)ccc23)c2oc3nc(C)ccc3c2c1. The molecule has 0 spiro atoms. The fourth-order valence-electron chi connectivity index (χ4n) is 4.21. The van der Waals surface area contributed by atoms with Crippen molar-refractivity contribution in [1.29, 1.82) is 0 Å². The van der Waals surface area contributed by atoms with Gasteiger partial charge in [0.15, 0.2) is 0 Å². The van der Waals surface area contributed by atoms with E-state index in [0.29, 0.717) is 11.6 Å². The lowest BCUT2D eigenvalue weighted by molar-refractivity contribution is 0.648. The van der Waals surface area contributed by atoms with Crippen LogP contribution >= 0.6 is 0 Å². The average Bonchev–Trinajstić information content (AvgIpc) is 3.03. The molecule has 0 N–H and O–H groups in total. The van der Waals surface area contributed by atoms with E-state index in [2.05, 4.69) is 68.2 Å². The zero-order valence-electron chi connectivity index (χ0n) is 17.3. The molecule has 0 radical (unpaired) electrons. The molecule has 0 aliphatic carbocycles. The van der Waals surface area contributed by atoms with E-state index in [4.69, 9.17) is 9.40 Å². The maximum atomic E-state index is 6.25. The summed E-state index contributed by atoms with van der Waals surface area (Å²) in [7, 11) is 0. The van der Waals surface area contributed by atoms with Crippen molar-refractivity contribution in [1.82, 2.24) is 9.97 Å². The van der Waals surface area contributed by atoms with Crippen molar-refractivity contribution in [3.05, 3.63) is 71.5 Å². The number of nitrogens with zero attached hydrogens (tertiary/aromatic N) is 2. The lowest BCUT2D eigenvalue weighted by Crippen LogP contribution is -1.94. The van der Waals surface area contributed by atoms with Crippen LogP contribution in [0.4, 0.5) is 0 Å². The van der Waals surface area contributed by atoms with Gasteiger partial charge in [-0.25, -0.2) is 4.98 Å². The normalized spacial score (nSPS) is 11.9. The molecule has 144 valence electrons. The monoisotopic (exact) mass is 380 g/mol. The quantitative estimate of drug-likeness (QED) is 0.338. The van der Waals surface area contributed by atoms with Gasteiger partial charge in [0.1, 0.15) is 5.58 Å². The number of furan rings is 1. The number of benzene rings is 2. The first-order valence-electron chi connectivity index (χ1n) is 10.2. The molecule has 3 heterocycles. The van der Waals surface area contributed by atoms with Gasteiger partial charge in [0, 0.05) is 33.6 Å². The highest BCUT2D eigenvalue weighted by molar-refractivity contribution is 6.11. The largest absolute Gasteiger partial charge is 0.437 e. The van der Waals surface area contributed by atoms with Crippen LogP contribution in [0.2, 0.25) is 0 Å². The molecule has 0 atom stereocenters. The maximum Gasteiger partial charge on any atom is 0.227 e. The molecule has 0 saturated carbocycles. The van der Waals surface area contributed by atoms with E-state index in [9.17, 15) is 0 Å². The number of rotatable bonds is 3. The van der Waals surface area contributed by atoms with E-state index in [1.54, 1.807) is 0 Å². The highest BCUT2D eigenvalue weighted by Crippen LogP contribution is 2.38. The molecule has 0 aliphatic heterocycles. The number of fused-ring (bicyclic) bond motifs is 4. The summed E-state index contributed by atoms with van der Waals surface area (Å²) in [5.74, 6) is 0.636. The summed E-state index contributed by atoms with van der Waals surface area (Å²) in [4.78, 5) is 9.36. The van der Waals surface area contributed by atoms with Crippen LogP contribution in [0.5, 0.6) is 0 Å². The standard InChI is InChI=1S/C26H24N2O/c1-15(2)11-18-6-8-20-19(14-18)9-10-27-24(20)23-13-16(3)12-22-21-7-5-17(4)28-26(21)29-25(22)23/h5-10,12-15H,11H2,1-4H3. The number of hydrogen-bond donors (Lipinski definition) is 0. The van der Waals surface area contributed by atoms with Crippen LogP contribution in [0.15, 0.2) is 59.1 Å². The summed E-state index contributed by atoms with van der Waals surface area (Å²) >= 11 is 0. The minimum absolute atomic E-state index is 0.636. The summed E-state index contributed by atoms with van der Waals surface area (Å²) in [6.45, 7) is 8.61. The van der Waals surface area contributed by atoms with Gasteiger partial charge in [0.25, 0.3) is 0 Å². The molecule has 0 bridgehead atoms. The molecule has 29 heavy (non-hydrogen) atoms. The van der Waals surface area contributed by atoms with Gasteiger partial charge in [0.05, 0.1) is 5.69 Å². The summed E-state index contributed by atoms with van der Waals surface area (Å²) in [5, 5.41) is 4.51. The van der Waals surface area contributed by atoms with Gasteiger partial charge >= 0.3 is 0 Å². The van der Waals surface area contributed by atoms with Crippen LogP contribution in [-0.4, -0.2) is 9.97 Å². The Labute approximate surface area is 170 Å². The molecule has 3 aromatic heterocycles. The minimum Gasteiger partial charge on any atom is -0.437 e. The first-order chi connectivity index (χ1) is 14.0. The lowest BCUT2D eigenvalue weighted by Gasteiger charge is -2.10. The predicted molar refractivity (Wildman–Crippen MR) is 120 cm³/mol. The van der Waals surface area contributed by atoms with Crippen molar-refractivity contribution in [2.24, 2.45) is 5.92 Å². The van der Waals surface area contributed by atoms with Crippen LogP contribution in [0.3, 0.4) is 0 Å². The second-order valence-corrected chi connectivity index (χ2v) is 8.41. The van der Waals surface area contributed by atoms with Gasteiger partial charge in [0.2, 0.25) is 5.71 Å². The third-order valence-corrected chi connectivity index (χ3v) is 5.45. The third kappa shape index (κ3) is 3.07. The van der Waals surface area contributed by atoms with Crippen LogP contribution in [-0.2, 0) is 6.42 Å². The molecule has 0 amide bonds. The molecule has 3 heteroatoms. The Kier molecular flexibility index (Phi) is 4.13. The van der Waals surface area contributed by atoms with E-state index in [-0.39, 0.29) is 0 Å². The van der Waals surface area contributed by atoms with Gasteiger partial charge in [-0.2, -0.15) is 0 Å². The molecule has 3 nitrogen and oxygen atoms in total. The Bertz CT molecular complexity index is 1380. The Hall–Kier alpha value is -3.20. The van der Waals surface area contributed by atoms with Crippen LogP contribution in [0.25, 0.3) is 44.1 Å². The van der Waals surface area contributed by atoms with Crippen molar-refractivity contribution in [3.8, 4) is 11.3 Å². The Morgan fingerprint density at radius 2 is 1.72 bits per heavy atom. The predicted octanol–water partition coefficient (Wildman–Crippen LogP) is 7.01. The molecule has 5 rings (SSSR count). The van der Waals surface area contributed by atoms with Gasteiger partial charge in [-0.1, -0.05) is 32.0 Å². The van der Waals surface area contributed by atoms with E-state index in [0.717, 1.165) is 45.1 Å². The smallest absolute Gasteiger partial charge is 0.227 e. The summed E-state index contributed by atoms with van der Waals surface area (Å²) in [6, 6.07) is 17.3. The van der Waals surface area contributed by atoms with Gasteiger partial charge < -0.3 is 4.42 Å². The molecule has 5 aromatic rings. The fraction of sp³-hybridized carbons (Fsp3) is 0.231. The highest BCUT2D eigenvalue weighted by Gasteiger charge is 2.17. The molecule has 0 aliphatic rings. The highest BCUT2D eigenvalue weighted by atomic mass is 16.3. The van der Waals surface area contributed by atoms with Crippen molar-refractivity contribution in [2.45, 2.75) is 34.1 Å². The first-order valence-corrected chi connectivity index (χ1v) is 10.2. The summed E-state index contributed by atoms with van der Waals surface area (Å²) in [6.07, 6.45) is 2.98. The third-order valence-electron chi connectivity index (χ3n) is 5.45. The molecule has 2 aromatic carbocycles. The van der Waals surface area contributed by atoms with E-state index < -0.39 is 0 Å². The summed E-state index contributed by atoms with van der Waals surface area (Å²) < 4.78 is 6.25. The Morgan fingerprint density at radius 3 is 2.55 bits per heavy atom. The maximum absolute atomic E-state index is 6.25. The number of aryl methyl sites for hydroxylation is 2. The lowest BCUT2D eigenvalue weighted by atomic mass is 9.96. The van der Waals surface area contributed by atoms with Crippen molar-refractivity contribution in [3.63, 3.8) is 0 Å². The minimum atomic E-state index is 0.636. The topological polar surface area (TPSA) is 38.9 Å². The van der Waals surface area contributed by atoms with Gasteiger partial charge in [-0.3, -0.25) is 4.98 Å². The van der Waals surface area contributed by atoms with Crippen molar-refractivity contribution < 1.29 is 4.42 Å². The Balaban J connectivity index is 1.79. The van der Waals surface area contributed by atoms with Crippen molar-refractivity contribution >= 4 is 32.8 Å². The van der Waals surface area contributed by atoms with Gasteiger partial charge in [-0.05, 0) is 73.0 Å². The van der Waals surface area contributed by atoms with Crippen molar-refractivity contribution in [2.75, 3.05) is 0 Å². The van der Waals surface area contributed by atoms with Crippen LogP contribution in [0.1, 0.15) is 30.7 Å². The second-order valence-electron chi connectivity index (χ2n) is 8.41. The second kappa shape index (κ2) is 6.70. The van der Waals surface area contributed by atoms with E-state index >= 15 is 0 Å². The molecule has 0 unspecified atom stereocenters. The number of pyridine rings is 2. The Morgan fingerprint density at radius 1 is 0.897 bits per heavy atom. The number of hydrogen-bond acceptors (Lipinski definition) is 3. The average molecular weight is 380 g/mol. The fourth-order valence-corrected chi connectivity index (χ4v) is 4.21. The zero-order valence-corrected chi connectivity index (χ0v) is 17.3.